The normalized spacial score (nSPS) is 13.1. The molecule has 8 nitrogen and oxygen atoms in total. The molecule has 0 radical (unpaired) electrons. The first-order chi connectivity index (χ1) is 17.1. The highest BCUT2D eigenvalue weighted by Gasteiger charge is 2.45. The van der Waals surface area contributed by atoms with Crippen molar-refractivity contribution >= 4 is 39.7 Å². The monoisotopic (exact) mass is 524 g/mol. The van der Waals surface area contributed by atoms with E-state index in [0.29, 0.717) is 17.0 Å². The van der Waals surface area contributed by atoms with E-state index < -0.39 is 52.9 Å². The fourth-order valence-electron chi connectivity index (χ4n) is 3.69. The van der Waals surface area contributed by atoms with E-state index in [-0.39, 0.29) is 16.6 Å². The van der Waals surface area contributed by atoms with Gasteiger partial charge in [-0.2, -0.15) is 23.0 Å². The number of amides is 2. The van der Waals surface area contributed by atoms with E-state index in [1.54, 1.807) is 26.1 Å². The Hall–Kier alpha value is -4.16. The zero-order valence-corrected chi connectivity index (χ0v) is 20.0. The van der Waals surface area contributed by atoms with Gasteiger partial charge in [-0.25, -0.2) is 18.4 Å². The van der Waals surface area contributed by atoms with Crippen LogP contribution in [0.4, 0.5) is 37.2 Å². The van der Waals surface area contributed by atoms with Crippen molar-refractivity contribution in [3.8, 4) is 0 Å². The zero-order valence-electron chi connectivity index (χ0n) is 20.0. The highest BCUT2D eigenvalue weighted by atomic mass is 19.4. The van der Waals surface area contributed by atoms with Crippen molar-refractivity contribution in [1.82, 2.24) is 15.1 Å². The molecule has 2 N–H and O–H groups in total. The lowest BCUT2D eigenvalue weighted by Crippen LogP contribution is -2.40. The number of urea groups is 1. The Kier molecular flexibility index (Phi) is 6.34. The lowest BCUT2D eigenvalue weighted by Gasteiger charge is -2.21. The predicted molar refractivity (Wildman–Crippen MR) is 123 cm³/mol. The molecule has 0 unspecified atom stereocenters. The molecule has 2 amide bonds. The van der Waals surface area contributed by atoms with Crippen LogP contribution < -0.4 is 10.6 Å². The second kappa shape index (κ2) is 9.05. The molecule has 2 aromatic heterocycles. The first-order valence-corrected chi connectivity index (χ1v) is 10.9. The Morgan fingerprint density at radius 3 is 2.46 bits per heavy atom. The van der Waals surface area contributed by atoms with Crippen molar-refractivity contribution < 1.29 is 40.7 Å². The van der Waals surface area contributed by atoms with E-state index in [0.717, 1.165) is 10.7 Å². The highest BCUT2D eigenvalue weighted by molar-refractivity contribution is 5.95. The van der Waals surface area contributed by atoms with Crippen molar-refractivity contribution in [3.05, 3.63) is 59.5 Å². The maximum Gasteiger partial charge on any atom is 0.435 e. The van der Waals surface area contributed by atoms with Crippen LogP contribution in [0.15, 0.2) is 40.9 Å². The van der Waals surface area contributed by atoms with Crippen molar-refractivity contribution in [1.29, 1.82) is 0 Å². The number of fused-ring (bicyclic) bond motifs is 2. The third-order valence-corrected chi connectivity index (χ3v) is 5.25. The summed E-state index contributed by atoms with van der Waals surface area (Å²) >= 11 is 0. The Labute approximate surface area is 206 Å². The SMILES string of the molecule is Cc1c([C@@H](NC(=O)Nc2ccc3c(cnn3C(=O)OC(C)(C)C)c2)C(F)(F)F)oc2c(F)cc(F)cc12. The molecule has 13 heteroatoms. The van der Waals surface area contributed by atoms with Crippen molar-refractivity contribution in [2.45, 2.75) is 45.5 Å². The number of benzene rings is 2. The minimum Gasteiger partial charge on any atom is -0.455 e. The summed E-state index contributed by atoms with van der Waals surface area (Å²) in [5.41, 5.74) is -1.04. The molecular formula is C24H21F5N4O4. The Morgan fingerprint density at radius 2 is 1.81 bits per heavy atom. The van der Waals surface area contributed by atoms with Gasteiger partial charge in [0.15, 0.2) is 17.4 Å². The molecule has 0 aliphatic carbocycles. The molecule has 0 aliphatic heterocycles. The number of carbonyl (C=O) groups excluding carboxylic acids is 2. The van der Waals surface area contributed by atoms with Crippen LogP contribution in [-0.4, -0.2) is 33.7 Å². The van der Waals surface area contributed by atoms with Gasteiger partial charge < -0.3 is 19.8 Å². The summed E-state index contributed by atoms with van der Waals surface area (Å²) < 4.78 is 80.6. The van der Waals surface area contributed by atoms with Crippen molar-refractivity contribution in [2.24, 2.45) is 0 Å². The number of aromatic nitrogens is 2. The van der Waals surface area contributed by atoms with E-state index in [1.165, 1.54) is 31.3 Å². The fourth-order valence-corrected chi connectivity index (χ4v) is 3.69. The summed E-state index contributed by atoms with van der Waals surface area (Å²) in [6, 6.07) is 1.63. The average molecular weight is 524 g/mol. The number of alkyl halides is 3. The number of furan rings is 1. The molecule has 2 aromatic carbocycles. The van der Waals surface area contributed by atoms with Crippen LogP contribution in [0.25, 0.3) is 21.9 Å². The minimum atomic E-state index is -5.02. The van der Waals surface area contributed by atoms with Crippen LogP contribution in [0.2, 0.25) is 0 Å². The molecule has 0 aliphatic rings. The molecule has 0 spiro atoms. The summed E-state index contributed by atoms with van der Waals surface area (Å²) in [5.74, 6) is -2.94. The fraction of sp³-hybridized carbons (Fsp3) is 0.292. The van der Waals surface area contributed by atoms with Gasteiger partial charge in [0, 0.05) is 28.1 Å². The van der Waals surface area contributed by atoms with Crippen molar-refractivity contribution in [2.75, 3.05) is 5.32 Å². The number of rotatable bonds is 3. The second-order valence-electron chi connectivity index (χ2n) is 9.24. The van der Waals surface area contributed by atoms with Crippen LogP contribution in [0, 0.1) is 18.6 Å². The number of aryl methyl sites for hydroxylation is 1. The van der Waals surface area contributed by atoms with E-state index >= 15 is 0 Å². The van der Waals surface area contributed by atoms with Gasteiger partial charge >= 0.3 is 18.3 Å². The Balaban J connectivity index is 1.57. The summed E-state index contributed by atoms with van der Waals surface area (Å²) in [6.07, 6.45) is -4.43. The van der Waals surface area contributed by atoms with E-state index in [9.17, 15) is 31.5 Å². The first kappa shape index (κ1) is 25.9. The minimum absolute atomic E-state index is 0.101. The maximum atomic E-state index is 14.1. The third kappa shape index (κ3) is 5.34. The molecular weight excluding hydrogens is 503 g/mol. The van der Waals surface area contributed by atoms with Gasteiger partial charge in [0.25, 0.3) is 0 Å². The van der Waals surface area contributed by atoms with Crippen LogP contribution in [0.5, 0.6) is 0 Å². The quantitative estimate of drug-likeness (QED) is 0.295. The number of nitrogens with zero attached hydrogens (tertiary/aromatic N) is 2. The number of anilines is 1. The summed E-state index contributed by atoms with van der Waals surface area (Å²) in [6.45, 7) is 6.27. The Morgan fingerprint density at radius 1 is 1.11 bits per heavy atom. The number of carbonyl (C=O) groups is 2. The largest absolute Gasteiger partial charge is 0.455 e. The summed E-state index contributed by atoms with van der Waals surface area (Å²) in [7, 11) is 0. The van der Waals surface area contributed by atoms with Crippen LogP contribution >= 0.6 is 0 Å². The van der Waals surface area contributed by atoms with Gasteiger partial charge in [0.1, 0.15) is 17.2 Å². The lowest BCUT2D eigenvalue weighted by molar-refractivity contribution is -0.158. The average Bonchev–Trinajstić information content (AvgIpc) is 3.31. The maximum absolute atomic E-state index is 14.1. The van der Waals surface area contributed by atoms with E-state index in [2.05, 4.69) is 10.4 Å². The molecule has 37 heavy (non-hydrogen) atoms. The molecule has 0 saturated carbocycles. The molecule has 2 heterocycles. The summed E-state index contributed by atoms with van der Waals surface area (Å²) in [4.78, 5) is 24.8. The summed E-state index contributed by atoms with van der Waals surface area (Å²) in [5, 5.41) is 8.23. The molecule has 196 valence electrons. The smallest absolute Gasteiger partial charge is 0.435 e. The van der Waals surface area contributed by atoms with Crippen LogP contribution in [0.3, 0.4) is 0 Å². The Bertz CT molecular complexity index is 1520. The number of hydrogen-bond donors (Lipinski definition) is 2. The predicted octanol–water partition coefficient (Wildman–Crippen LogP) is 6.58. The van der Waals surface area contributed by atoms with Gasteiger partial charge in [0.05, 0.1) is 11.7 Å². The number of halogens is 5. The first-order valence-electron chi connectivity index (χ1n) is 10.9. The highest BCUT2D eigenvalue weighted by Crippen LogP contribution is 2.39. The molecule has 4 rings (SSSR count). The standard InChI is InChI=1S/C24H21F5N4O4/c1-11-15-8-13(25)9-16(26)19(15)36-18(11)20(24(27,28)29)32-21(34)31-14-5-6-17-12(7-14)10-30-33(17)22(35)37-23(2,3)4/h5-10,20H,1-4H3,(H2,31,32,34)/t20-/m1/s1. The van der Waals surface area contributed by atoms with E-state index in [1.807, 2.05) is 0 Å². The van der Waals surface area contributed by atoms with E-state index in [4.69, 9.17) is 9.15 Å². The van der Waals surface area contributed by atoms with Gasteiger partial charge in [-0.1, -0.05) is 0 Å². The molecule has 0 bridgehead atoms. The van der Waals surface area contributed by atoms with Crippen LogP contribution in [0.1, 0.15) is 38.1 Å². The molecule has 0 fully saturated rings. The third-order valence-electron chi connectivity index (χ3n) is 5.25. The number of nitrogens with one attached hydrogen (secondary N) is 2. The molecule has 4 aromatic rings. The molecule has 1 atom stereocenters. The van der Waals surface area contributed by atoms with Gasteiger partial charge in [0.2, 0.25) is 0 Å². The van der Waals surface area contributed by atoms with Crippen LogP contribution in [-0.2, 0) is 4.74 Å². The van der Waals surface area contributed by atoms with Gasteiger partial charge in [-0.05, 0) is 52.0 Å². The second-order valence-corrected chi connectivity index (χ2v) is 9.24. The van der Waals surface area contributed by atoms with Gasteiger partial charge in [-0.15, -0.1) is 0 Å². The number of ether oxygens (including phenoxy) is 1. The molecule has 0 saturated heterocycles. The lowest BCUT2D eigenvalue weighted by atomic mass is 10.1. The number of hydrogen-bond acceptors (Lipinski definition) is 5. The topological polar surface area (TPSA) is 98.4 Å². The van der Waals surface area contributed by atoms with Gasteiger partial charge in [-0.3, -0.25) is 0 Å². The van der Waals surface area contributed by atoms with Crippen molar-refractivity contribution in [3.63, 3.8) is 0 Å². The zero-order chi connectivity index (χ0) is 27.3.